The monoisotopic (exact) mass is 955 g/mol. The van der Waals surface area contributed by atoms with Crippen LogP contribution in [0, 0.1) is 0 Å². The number of aliphatic hydroxyl groups excluding tert-OH is 8. The fraction of sp³-hybridized carbons (Fsp3) is 0.698. The molecule has 366 valence electrons. The Morgan fingerprint density at radius 2 is 1.58 bits per heavy atom. The van der Waals surface area contributed by atoms with Crippen molar-refractivity contribution >= 4 is 40.8 Å². The van der Waals surface area contributed by atoms with E-state index in [0.717, 1.165) is 12.6 Å². The van der Waals surface area contributed by atoms with Gasteiger partial charge in [-0.2, -0.15) is 0 Å². The maximum absolute atomic E-state index is 12.6. The van der Waals surface area contributed by atoms with Crippen LogP contribution in [-0.2, 0) is 23.7 Å². The summed E-state index contributed by atoms with van der Waals surface area (Å²) in [5.41, 5.74) is 25.8. The van der Waals surface area contributed by atoms with Gasteiger partial charge in [0.25, 0.3) is 0 Å². The van der Waals surface area contributed by atoms with E-state index in [0.29, 0.717) is 0 Å². The van der Waals surface area contributed by atoms with Crippen molar-refractivity contribution in [3.8, 4) is 0 Å². The molecule has 5 aliphatic rings. The number of nitrogens with one attached hydrogen (secondary N) is 1. The van der Waals surface area contributed by atoms with E-state index in [9.17, 15) is 45.6 Å². The number of nitrogens with two attached hydrogens (primary N) is 4. The van der Waals surface area contributed by atoms with E-state index < -0.39 is 110 Å². The number of hydrogen-bond donors (Lipinski definition) is 13. The first-order valence-corrected chi connectivity index (χ1v) is 24.3. The largest absolute Gasteiger partial charge is 0.394 e. The van der Waals surface area contributed by atoms with Crippen LogP contribution in [0.2, 0.25) is 0 Å². The second-order valence-corrected chi connectivity index (χ2v) is 19.3. The van der Waals surface area contributed by atoms with E-state index in [1.54, 1.807) is 0 Å². The zero-order valence-corrected chi connectivity index (χ0v) is 38.4. The predicted octanol–water partition coefficient (Wildman–Crippen LogP) is -2.54. The Kier molecular flexibility index (Phi) is 19.1. The molecule has 0 bridgehead atoms. The SMILES string of the molecule is CSc1ccc2c(c1)N(CCC1CCCCN1C)c1ccccc1S2.NCC[C@H](O)C(=O)N[C@@H]1C[C@H](N)[C@@H](O[C@H]2O[C@H](CN)[C@@H](O)[C@H](O)[C@H]2O)[C@H](O)[C@H]1O[C@H]1O[C@H](CO)[C@@H](O)[C@H](N)[C@H]1O. The molecule has 1 unspecified atom stereocenters. The van der Waals surface area contributed by atoms with Crippen LogP contribution in [-0.4, -0.2) is 202 Å². The lowest BCUT2D eigenvalue weighted by Crippen LogP contribution is -2.69. The summed E-state index contributed by atoms with van der Waals surface area (Å²) in [5, 5.41) is 84.9. The first-order valence-electron chi connectivity index (χ1n) is 22.3. The topological polar surface area (TPSA) is 338 Å². The number of carbonyl (C=O) groups excluding carboxylic acids is 1. The molecule has 1 amide bonds. The molecule has 20 nitrogen and oxygen atoms in total. The molecule has 3 saturated heterocycles. The number of hydrogen-bond acceptors (Lipinski definition) is 21. The van der Waals surface area contributed by atoms with Crippen molar-refractivity contribution < 1.29 is 64.6 Å². The van der Waals surface area contributed by atoms with E-state index >= 15 is 0 Å². The van der Waals surface area contributed by atoms with Crippen LogP contribution in [0.4, 0.5) is 11.4 Å². The number of rotatable bonds is 14. The van der Waals surface area contributed by atoms with Crippen molar-refractivity contribution in [3.63, 3.8) is 0 Å². The Morgan fingerprint density at radius 3 is 2.28 bits per heavy atom. The van der Waals surface area contributed by atoms with Gasteiger partial charge in [0, 0.05) is 39.9 Å². The zero-order chi connectivity index (χ0) is 47.1. The highest BCUT2D eigenvalue weighted by molar-refractivity contribution is 8.00. The third-order valence-electron chi connectivity index (χ3n) is 12.9. The van der Waals surface area contributed by atoms with Crippen molar-refractivity contribution in [2.45, 2.75) is 157 Å². The third-order valence-corrected chi connectivity index (χ3v) is 14.8. The van der Waals surface area contributed by atoms with Crippen LogP contribution < -0.4 is 33.2 Å². The number of thioether (sulfide) groups is 1. The van der Waals surface area contributed by atoms with Gasteiger partial charge in [0.1, 0.15) is 67.1 Å². The summed E-state index contributed by atoms with van der Waals surface area (Å²) in [4.78, 5) is 21.8. The van der Waals surface area contributed by atoms with Gasteiger partial charge in [0.2, 0.25) is 5.91 Å². The number of fused-ring (bicyclic) bond motifs is 2. The van der Waals surface area contributed by atoms with Gasteiger partial charge in [-0.05, 0) is 88.8 Å². The van der Waals surface area contributed by atoms with Crippen molar-refractivity contribution in [1.82, 2.24) is 10.2 Å². The molecule has 4 heterocycles. The van der Waals surface area contributed by atoms with Crippen molar-refractivity contribution in [3.05, 3.63) is 42.5 Å². The highest BCUT2D eigenvalue weighted by Crippen LogP contribution is 2.49. The Labute approximate surface area is 387 Å². The second kappa shape index (κ2) is 23.8. The Morgan fingerprint density at radius 1 is 0.892 bits per heavy atom. The number of aliphatic hydroxyl groups is 8. The summed E-state index contributed by atoms with van der Waals surface area (Å²) < 4.78 is 22.5. The lowest BCUT2D eigenvalue weighted by molar-refractivity contribution is -0.332. The van der Waals surface area contributed by atoms with Crippen LogP contribution in [0.25, 0.3) is 0 Å². The summed E-state index contributed by atoms with van der Waals surface area (Å²) in [6, 6.07) is 13.0. The molecule has 1 aliphatic carbocycles. The number of carbonyl (C=O) groups is 1. The van der Waals surface area contributed by atoms with Crippen molar-refractivity contribution in [2.75, 3.05) is 51.0 Å². The Bertz CT molecular complexity index is 1830. The van der Waals surface area contributed by atoms with Crippen molar-refractivity contribution in [2.24, 2.45) is 22.9 Å². The molecule has 0 radical (unpaired) electrons. The molecule has 22 heteroatoms. The summed E-state index contributed by atoms with van der Waals surface area (Å²) in [5.74, 6) is -0.845. The highest BCUT2D eigenvalue weighted by atomic mass is 32.2. The first kappa shape index (κ1) is 52.1. The summed E-state index contributed by atoms with van der Waals surface area (Å²) in [6.07, 6.45) is -12.3. The molecule has 7 rings (SSSR count). The molecule has 2 aromatic carbocycles. The van der Waals surface area contributed by atoms with E-state index in [4.69, 9.17) is 41.9 Å². The molecule has 2 aromatic rings. The number of likely N-dealkylation sites (tertiary alicyclic amines) is 1. The molecule has 65 heavy (non-hydrogen) atoms. The van der Waals surface area contributed by atoms with E-state index in [1.807, 2.05) is 23.5 Å². The van der Waals surface area contributed by atoms with Crippen LogP contribution in [0.1, 0.15) is 38.5 Å². The van der Waals surface area contributed by atoms with E-state index in [1.165, 1.54) is 58.3 Å². The fourth-order valence-electron chi connectivity index (χ4n) is 9.03. The molecule has 0 aromatic heterocycles. The minimum atomic E-state index is -1.76. The van der Waals surface area contributed by atoms with Gasteiger partial charge >= 0.3 is 0 Å². The quantitative estimate of drug-likeness (QED) is 0.0868. The third kappa shape index (κ3) is 12.1. The van der Waals surface area contributed by atoms with Gasteiger partial charge in [-0.15, -0.1) is 11.8 Å². The smallest absolute Gasteiger partial charge is 0.249 e. The first-order chi connectivity index (χ1) is 31.1. The van der Waals surface area contributed by atoms with E-state index in [2.05, 4.69) is 70.9 Å². The molecule has 0 spiro atoms. The van der Waals surface area contributed by atoms with Crippen LogP contribution in [0.5, 0.6) is 0 Å². The van der Waals surface area contributed by atoms with Gasteiger partial charge < -0.3 is 97.9 Å². The average molecular weight is 956 g/mol. The van der Waals surface area contributed by atoms with E-state index in [-0.39, 0.29) is 25.9 Å². The number of anilines is 2. The number of para-hydroxylation sites is 1. The van der Waals surface area contributed by atoms with Gasteiger partial charge in [-0.1, -0.05) is 30.3 Å². The number of piperidine rings is 1. The minimum Gasteiger partial charge on any atom is -0.394 e. The number of ether oxygens (including phenoxy) is 4. The summed E-state index contributed by atoms with van der Waals surface area (Å²) in [7, 11) is 2.30. The molecule has 1 saturated carbocycles. The average Bonchev–Trinajstić information content (AvgIpc) is 3.30. The Hall–Kier alpha value is -2.27. The summed E-state index contributed by atoms with van der Waals surface area (Å²) >= 11 is 3.73. The van der Waals surface area contributed by atoms with Crippen LogP contribution >= 0.6 is 23.5 Å². The van der Waals surface area contributed by atoms with Crippen molar-refractivity contribution in [1.29, 1.82) is 0 Å². The predicted molar refractivity (Wildman–Crippen MR) is 242 cm³/mol. The van der Waals surface area contributed by atoms with Gasteiger partial charge in [-0.3, -0.25) is 4.79 Å². The van der Waals surface area contributed by atoms with Gasteiger partial charge in [0.05, 0.1) is 30.1 Å². The molecular formula is C43H69N7O13S2. The van der Waals surface area contributed by atoms with Gasteiger partial charge in [0.15, 0.2) is 12.6 Å². The molecular weight excluding hydrogens is 887 g/mol. The lowest BCUT2D eigenvalue weighted by Gasteiger charge is -2.49. The minimum absolute atomic E-state index is 0.0101. The number of amides is 1. The molecule has 17 atom stereocenters. The number of nitrogens with zero attached hydrogens (tertiary/aromatic N) is 2. The maximum Gasteiger partial charge on any atom is 0.249 e. The highest BCUT2D eigenvalue weighted by Gasteiger charge is 2.52. The Balaban J connectivity index is 0.000000238. The van der Waals surface area contributed by atoms with Crippen LogP contribution in [0.15, 0.2) is 57.2 Å². The molecule has 4 fully saturated rings. The maximum atomic E-state index is 12.6. The summed E-state index contributed by atoms with van der Waals surface area (Å²) in [6.45, 7) is 1.45. The normalized spacial score (nSPS) is 36.7. The lowest BCUT2D eigenvalue weighted by atomic mass is 9.83. The zero-order valence-electron chi connectivity index (χ0n) is 36.8. The second-order valence-electron chi connectivity index (χ2n) is 17.3. The molecule has 4 aliphatic heterocycles. The van der Waals surface area contributed by atoms with Gasteiger partial charge in [-0.25, -0.2) is 0 Å². The fourth-order valence-corrected chi connectivity index (χ4v) is 10.5. The van der Waals surface area contributed by atoms with Crippen LogP contribution in [0.3, 0.4) is 0 Å². The number of benzene rings is 2. The molecule has 17 N–H and O–H groups in total. The standard InChI is InChI=1S/C22H43N5O13.C21H26N2S2/c23-2-1-8(29)20(36)27-7-3-6(25)18(39-22-16(34)15(33)13(31)9(4-24)37-22)17(35)19(7)40-21-14(32)11(26)12(30)10(5-28)38-21;1-22-13-6-5-7-16(22)12-14-23-18-8-3-4-9-20(18)25-21-11-10-17(24-2)15-19(21)23/h6-19,21-22,28-35H,1-5,23-26H2,(H,27,36);3-4,8-11,15-16H,5-7,12-14H2,1-2H3/t6-,7+,8-,9+,10+,11-,12+,13+,14+,15-,16+,17-,18+,19-,21+,22+;/m0./s1.